The Labute approximate surface area is 183 Å². The van der Waals surface area contributed by atoms with Crippen molar-refractivity contribution < 1.29 is 13.6 Å². The van der Waals surface area contributed by atoms with Gasteiger partial charge in [-0.05, 0) is 24.6 Å². The van der Waals surface area contributed by atoms with Crippen LogP contribution >= 0.6 is 11.3 Å². The van der Waals surface area contributed by atoms with Crippen LogP contribution in [0.2, 0.25) is 0 Å². The molecule has 2 atom stereocenters. The van der Waals surface area contributed by atoms with E-state index in [1.54, 1.807) is 17.4 Å². The summed E-state index contributed by atoms with van der Waals surface area (Å²) in [4.78, 5) is 23.3. The van der Waals surface area contributed by atoms with Crippen LogP contribution < -0.4 is 10.2 Å². The molecule has 3 fully saturated rings. The number of hydrogen-bond donors (Lipinski definition) is 1. The number of alkyl halides is 2. The number of thiazole rings is 1. The summed E-state index contributed by atoms with van der Waals surface area (Å²) < 4.78 is 27.9. The van der Waals surface area contributed by atoms with E-state index in [1.807, 2.05) is 12.1 Å². The fourth-order valence-corrected chi connectivity index (χ4v) is 5.78. The van der Waals surface area contributed by atoms with E-state index in [-0.39, 0.29) is 31.0 Å². The molecular formula is C21H24F2N6OS. The van der Waals surface area contributed by atoms with Crippen molar-refractivity contribution in [1.82, 2.24) is 20.1 Å². The van der Waals surface area contributed by atoms with E-state index < -0.39 is 12.5 Å². The van der Waals surface area contributed by atoms with Gasteiger partial charge in [0.25, 0.3) is 5.92 Å². The predicted molar refractivity (Wildman–Crippen MR) is 114 cm³/mol. The zero-order chi connectivity index (χ0) is 21.6. The Kier molecular flexibility index (Phi) is 5.28. The maximum Gasteiger partial charge on any atom is 0.267 e. The van der Waals surface area contributed by atoms with Crippen LogP contribution in [-0.2, 0) is 4.79 Å². The lowest BCUT2D eigenvalue weighted by Gasteiger charge is -2.37. The van der Waals surface area contributed by atoms with Crippen molar-refractivity contribution in [3.63, 3.8) is 0 Å². The average molecular weight is 447 g/mol. The second-order valence-electron chi connectivity index (χ2n) is 8.53. The third kappa shape index (κ3) is 4.10. The number of nitriles is 1. The van der Waals surface area contributed by atoms with Gasteiger partial charge in [-0.15, -0.1) is 0 Å². The third-order valence-electron chi connectivity index (χ3n) is 6.49. The van der Waals surface area contributed by atoms with Gasteiger partial charge in [0, 0.05) is 51.7 Å². The van der Waals surface area contributed by atoms with Gasteiger partial charge in [0.15, 0.2) is 5.13 Å². The Balaban J connectivity index is 1.16. The van der Waals surface area contributed by atoms with Crippen LogP contribution in [0.25, 0.3) is 10.2 Å². The highest BCUT2D eigenvalue weighted by Crippen LogP contribution is 2.31. The molecule has 31 heavy (non-hydrogen) atoms. The van der Waals surface area contributed by atoms with Gasteiger partial charge in [-0.3, -0.25) is 9.69 Å². The molecule has 10 heteroatoms. The Morgan fingerprint density at radius 2 is 2.06 bits per heavy atom. The van der Waals surface area contributed by atoms with E-state index >= 15 is 0 Å². The number of benzene rings is 1. The molecule has 1 amide bonds. The maximum atomic E-state index is 13.4. The van der Waals surface area contributed by atoms with Crippen molar-refractivity contribution in [2.75, 3.05) is 50.7 Å². The zero-order valence-electron chi connectivity index (χ0n) is 17.1. The fourth-order valence-electron chi connectivity index (χ4n) is 4.72. The molecule has 2 aromatic rings. The van der Waals surface area contributed by atoms with Crippen LogP contribution in [0.3, 0.4) is 0 Å². The second-order valence-corrected chi connectivity index (χ2v) is 9.54. The SMILES string of the molecule is N#Cc1ccc2nc(N3CCN([C@@H]4CN[C@H](C(=O)N5CCC(F)(F)C5)C4)CC3)sc2c1. The Hall–Kier alpha value is -2.35. The molecule has 0 radical (unpaired) electrons. The largest absolute Gasteiger partial charge is 0.345 e. The lowest BCUT2D eigenvalue weighted by molar-refractivity contribution is -0.133. The first-order valence-corrected chi connectivity index (χ1v) is 11.4. The molecule has 5 rings (SSSR count). The van der Waals surface area contributed by atoms with Crippen LogP contribution in [0, 0.1) is 11.3 Å². The smallest absolute Gasteiger partial charge is 0.267 e. The van der Waals surface area contributed by atoms with Gasteiger partial charge in [-0.25, -0.2) is 13.8 Å². The summed E-state index contributed by atoms with van der Waals surface area (Å²) in [5, 5.41) is 13.3. The molecule has 1 aromatic heterocycles. The molecule has 1 aromatic carbocycles. The van der Waals surface area contributed by atoms with E-state index in [4.69, 9.17) is 10.2 Å². The van der Waals surface area contributed by atoms with Crippen LogP contribution in [0.5, 0.6) is 0 Å². The lowest BCUT2D eigenvalue weighted by atomic mass is 10.1. The summed E-state index contributed by atoms with van der Waals surface area (Å²) in [6, 6.07) is 7.60. The third-order valence-corrected chi connectivity index (χ3v) is 7.57. The van der Waals surface area contributed by atoms with E-state index in [0.717, 1.165) is 41.5 Å². The first-order valence-electron chi connectivity index (χ1n) is 10.6. The number of anilines is 1. The van der Waals surface area contributed by atoms with Crippen molar-refractivity contribution in [1.29, 1.82) is 5.26 Å². The van der Waals surface area contributed by atoms with Crippen LogP contribution in [0.1, 0.15) is 18.4 Å². The molecule has 3 saturated heterocycles. The van der Waals surface area contributed by atoms with Crippen molar-refractivity contribution in [3.05, 3.63) is 23.8 Å². The molecule has 0 aliphatic carbocycles. The second kappa shape index (κ2) is 7.97. The van der Waals surface area contributed by atoms with E-state index in [2.05, 4.69) is 21.2 Å². The summed E-state index contributed by atoms with van der Waals surface area (Å²) in [6.45, 7) is 3.83. The number of carbonyl (C=O) groups is 1. The van der Waals surface area contributed by atoms with Gasteiger partial charge < -0.3 is 15.1 Å². The van der Waals surface area contributed by atoms with Gasteiger partial charge >= 0.3 is 0 Å². The average Bonchev–Trinajstić information content (AvgIpc) is 3.50. The van der Waals surface area contributed by atoms with E-state index in [1.165, 1.54) is 4.90 Å². The molecular weight excluding hydrogens is 422 g/mol. The number of fused-ring (bicyclic) bond motifs is 1. The summed E-state index contributed by atoms with van der Waals surface area (Å²) in [7, 11) is 0. The molecule has 4 heterocycles. The topological polar surface area (TPSA) is 75.5 Å². The fraction of sp³-hybridized carbons (Fsp3) is 0.571. The molecule has 1 N–H and O–H groups in total. The highest BCUT2D eigenvalue weighted by Gasteiger charge is 2.43. The zero-order valence-corrected chi connectivity index (χ0v) is 17.9. The molecule has 164 valence electrons. The number of piperazine rings is 1. The van der Waals surface area contributed by atoms with E-state index in [9.17, 15) is 13.6 Å². The van der Waals surface area contributed by atoms with Crippen LogP contribution in [-0.4, -0.2) is 84.5 Å². The molecule has 0 saturated carbocycles. The lowest BCUT2D eigenvalue weighted by Crippen LogP contribution is -2.51. The standard InChI is InChI=1S/C21H24F2N6OS/c22-21(23)3-4-29(13-21)19(30)17-10-15(12-25-17)27-5-7-28(8-6-27)20-26-16-2-1-14(11-24)9-18(16)31-20/h1-2,9,15,17,25H,3-8,10,12-13H2/t15-,17-/m0/s1. The van der Waals surface area contributed by atoms with Gasteiger partial charge in [0.05, 0.1) is 34.4 Å². The van der Waals surface area contributed by atoms with Gasteiger partial charge in [0.1, 0.15) is 0 Å². The Morgan fingerprint density at radius 1 is 1.26 bits per heavy atom. The number of hydrogen-bond acceptors (Lipinski definition) is 7. The minimum atomic E-state index is -2.75. The van der Waals surface area contributed by atoms with Crippen molar-refractivity contribution in [2.24, 2.45) is 0 Å². The quantitative estimate of drug-likeness (QED) is 0.776. The number of nitrogens with zero attached hydrogens (tertiary/aromatic N) is 5. The Morgan fingerprint density at radius 3 is 2.77 bits per heavy atom. The van der Waals surface area contributed by atoms with Crippen molar-refractivity contribution in [2.45, 2.75) is 30.8 Å². The summed E-state index contributed by atoms with van der Waals surface area (Å²) in [5.74, 6) is -2.94. The molecule has 7 nitrogen and oxygen atoms in total. The molecule has 0 bridgehead atoms. The van der Waals surface area contributed by atoms with Crippen LogP contribution in [0.15, 0.2) is 18.2 Å². The summed E-state index contributed by atoms with van der Waals surface area (Å²) in [5.41, 5.74) is 1.55. The Bertz CT molecular complexity index is 1030. The minimum absolute atomic E-state index is 0.144. The summed E-state index contributed by atoms with van der Waals surface area (Å²) in [6.07, 6.45) is 0.430. The highest BCUT2D eigenvalue weighted by molar-refractivity contribution is 7.22. The number of halogens is 2. The first-order chi connectivity index (χ1) is 14.9. The molecule has 3 aliphatic heterocycles. The number of likely N-dealkylation sites (tertiary alicyclic amines) is 1. The maximum absolute atomic E-state index is 13.4. The molecule has 0 spiro atoms. The number of aromatic nitrogens is 1. The first kappa shape index (κ1) is 20.5. The normalized spacial score (nSPS) is 26.5. The number of nitrogens with one attached hydrogen (secondary N) is 1. The minimum Gasteiger partial charge on any atom is -0.345 e. The van der Waals surface area contributed by atoms with Gasteiger partial charge in [-0.1, -0.05) is 11.3 Å². The number of amides is 1. The monoisotopic (exact) mass is 446 g/mol. The van der Waals surface area contributed by atoms with Crippen molar-refractivity contribution in [3.8, 4) is 6.07 Å². The predicted octanol–water partition coefficient (Wildman–Crippen LogP) is 1.89. The highest BCUT2D eigenvalue weighted by atomic mass is 32.1. The summed E-state index contributed by atoms with van der Waals surface area (Å²) >= 11 is 1.61. The van der Waals surface area contributed by atoms with E-state index in [0.29, 0.717) is 18.5 Å². The number of rotatable bonds is 3. The van der Waals surface area contributed by atoms with Crippen molar-refractivity contribution >= 4 is 32.6 Å². The van der Waals surface area contributed by atoms with Crippen LogP contribution in [0.4, 0.5) is 13.9 Å². The molecule has 0 unspecified atom stereocenters. The van der Waals surface area contributed by atoms with Gasteiger partial charge in [0.2, 0.25) is 5.91 Å². The number of carbonyl (C=O) groups excluding carboxylic acids is 1. The van der Waals surface area contributed by atoms with Gasteiger partial charge in [-0.2, -0.15) is 5.26 Å². The molecule has 3 aliphatic rings.